The van der Waals surface area contributed by atoms with Crippen LogP contribution in [0.25, 0.3) is 0 Å². The van der Waals surface area contributed by atoms with Gasteiger partial charge in [-0.1, -0.05) is 0 Å². The van der Waals surface area contributed by atoms with Crippen LogP contribution in [0.3, 0.4) is 0 Å². The van der Waals surface area contributed by atoms with E-state index in [1.165, 1.54) is 0 Å². The zero-order valence-corrected chi connectivity index (χ0v) is 7.52. The van der Waals surface area contributed by atoms with E-state index in [0.717, 1.165) is 22.3 Å². The summed E-state index contributed by atoms with van der Waals surface area (Å²) in [5, 5.41) is 9.73. The van der Waals surface area contributed by atoms with Crippen LogP contribution in [0, 0.1) is 0 Å². The second-order valence-electron chi connectivity index (χ2n) is 3.27. The number of allylic oxidation sites excluding steroid dienone is 2. The minimum atomic E-state index is -1.19. The van der Waals surface area contributed by atoms with Crippen molar-refractivity contribution in [3.63, 3.8) is 0 Å². The van der Waals surface area contributed by atoms with Crippen LogP contribution in [0.2, 0.25) is 0 Å². The van der Waals surface area contributed by atoms with E-state index in [9.17, 15) is 5.11 Å². The number of rotatable bonds is 0. The van der Waals surface area contributed by atoms with Crippen molar-refractivity contribution in [2.45, 2.75) is 33.4 Å². The maximum Gasteiger partial charge on any atom is 0.158 e. The van der Waals surface area contributed by atoms with Gasteiger partial charge in [0.2, 0.25) is 0 Å². The molecule has 1 aliphatic rings. The summed E-state index contributed by atoms with van der Waals surface area (Å²) in [6.07, 6.45) is 0. The summed E-state index contributed by atoms with van der Waals surface area (Å²) >= 11 is 0. The van der Waals surface area contributed by atoms with Gasteiger partial charge in [-0.3, -0.25) is 5.73 Å². The van der Waals surface area contributed by atoms with E-state index in [4.69, 9.17) is 5.73 Å². The van der Waals surface area contributed by atoms with Crippen LogP contribution in [0.5, 0.6) is 0 Å². The molecular weight excluding hydrogens is 138 g/mol. The van der Waals surface area contributed by atoms with Gasteiger partial charge in [0.05, 0.1) is 0 Å². The summed E-state index contributed by atoms with van der Waals surface area (Å²) in [5.41, 5.74) is 8.47. The van der Waals surface area contributed by atoms with Crippen molar-refractivity contribution < 1.29 is 5.11 Å². The first kappa shape index (κ1) is 8.50. The van der Waals surface area contributed by atoms with E-state index >= 15 is 0 Å². The Morgan fingerprint density at radius 1 is 1.00 bits per heavy atom. The van der Waals surface area contributed by atoms with E-state index in [2.05, 4.69) is 0 Å². The first-order chi connectivity index (χ1) is 4.89. The molecule has 0 unspecified atom stereocenters. The zero-order chi connectivity index (χ0) is 8.81. The lowest BCUT2D eigenvalue weighted by molar-refractivity contribution is 0.127. The van der Waals surface area contributed by atoms with E-state index < -0.39 is 5.72 Å². The van der Waals surface area contributed by atoms with Crippen molar-refractivity contribution >= 4 is 0 Å². The molecule has 0 aromatic heterocycles. The second-order valence-corrected chi connectivity index (χ2v) is 3.27. The highest BCUT2D eigenvalue weighted by atomic mass is 16.3. The Bertz CT molecular complexity index is 233. The quantitative estimate of drug-likeness (QED) is 0.515. The summed E-state index contributed by atoms with van der Waals surface area (Å²) in [6.45, 7) is 7.71. The van der Waals surface area contributed by atoms with E-state index in [1.807, 2.05) is 27.7 Å². The van der Waals surface area contributed by atoms with Crippen LogP contribution in [-0.2, 0) is 0 Å². The van der Waals surface area contributed by atoms with Crippen molar-refractivity contribution in [1.82, 2.24) is 0 Å². The minimum absolute atomic E-state index is 0.868. The smallest absolute Gasteiger partial charge is 0.158 e. The molecule has 2 heteroatoms. The summed E-state index contributed by atoms with van der Waals surface area (Å²) in [4.78, 5) is 0. The summed E-state index contributed by atoms with van der Waals surface area (Å²) in [7, 11) is 0. The highest BCUT2D eigenvalue weighted by Crippen LogP contribution is 2.35. The number of hydrogen-bond donors (Lipinski definition) is 2. The Morgan fingerprint density at radius 2 is 1.27 bits per heavy atom. The largest absolute Gasteiger partial charge is 0.368 e. The average molecular weight is 153 g/mol. The molecule has 0 bridgehead atoms. The SMILES string of the molecule is CC1=C(C)C(N)(O)C(C)=C1C. The molecule has 11 heavy (non-hydrogen) atoms. The van der Waals surface area contributed by atoms with Gasteiger partial charge in [0.15, 0.2) is 5.72 Å². The Labute approximate surface area is 67.4 Å². The lowest BCUT2D eigenvalue weighted by Crippen LogP contribution is -2.40. The average Bonchev–Trinajstić information content (AvgIpc) is 2.06. The van der Waals surface area contributed by atoms with E-state index in [0.29, 0.717) is 0 Å². The standard InChI is InChI=1S/C9H15NO/c1-5-6(2)8(4)9(10,11)7(5)3/h11H,10H2,1-4H3. The molecule has 0 saturated carbocycles. The molecule has 0 amide bonds. The fourth-order valence-electron chi connectivity index (χ4n) is 1.42. The number of aliphatic hydroxyl groups is 1. The third-order valence-corrected chi connectivity index (χ3v) is 2.83. The van der Waals surface area contributed by atoms with Crippen molar-refractivity contribution in [2.24, 2.45) is 5.73 Å². The summed E-state index contributed by atoms with van der Waals surface area (Å²) in [6, 6.07) is 0. The molecule has 0 heterocycles. The van der Waals surface area contributed by atoms with Crippen LogP contribution in [0.1, 0.15) is 27.7 Å². The Kier molecular flexibility index (Phi) is 1.69. The molecule has 0 radical (unpaired) electrons. The van der Waals surface area contributed by atoms with Crippen LogP contribution in [0.15, 0.2) is 22.3 Å². The topological polar surface area (TPSA) is 46.2 Å². The molecule has 0 fully saturated rings. The van der Waals surface area contributed by atoms with Gasteiger partial charge in [0.25, 0.3) is 0 Å². The highest BCUT2D eigenvalue weighted by Gasteiger charge is 2.34. The van der Waals surface area contributed by atoms with E-state index in [-0.39, 0.29) is 0 Å². The monoisotopic (exact) mass is 153 g/mol. The molecule has 1 rings (SSSR count). The van der Waals surface area contributed by atoms with Gasteiger partial charge in [0.1, 0.15) is 0 Å². The normalized spacial score (nSPS) is 23.5. The zero-order valence-electron chi connectivity index (χ0n) is 7.52. The van der Waals surface area contributed by atoms with Gasteiger partial charge in [-0.05, 0) is 50.0 Å². The van der Waals surface area contributed by atoms with E-state index in [1.54, 1.807) is 0 Å². The van der Waals surface area contributed by atoms with Crippen molar-refractivity contribution in [1.29, 1.82) is 0 Å². The maximum atomic E-state index is 9.73. The van der Waals surface area contributed by atoms with Crippen LogP contribution >= 0.6 is 0 Å². The molecule has 0 spiro atoms. The van der Waals surface area contributed by atoms with Gasteiger partial charge in [-0.25, -0.2) is 0 Å². The molecule has 0 aromatic carbocycles. The Hall–Kier alpha value is -0.600. The number of hydrogen-bond acceptors (Lipinski definition) is 2. The summed E-state index contributed by atoms with van der Waals surface area (Å²) < 4.78 is 0. The van der Waals surface area contributed by atoms with Gasteiger partial charge in [0, 0.05) is 0 Å². The molecule has 0 saturated heterocycles. The molecule has 0 atom stereocenters. The molecule has 2 nitrogen and oxygen atoms in total. The highest BCUT2D eigenvalue weighted by molar-refractivity contribution is 5.51. The molecule has 3 N–H and O–H groups in total. The van der Waals surface area contributed by atoms with Gasteiger partial charge < -0.3 is 5.11 Å². The molecular formula is C9H15NO. The maximum absolute atomic E-state index is 9.73. The first-order valence-corrected chi connectivity index (χ1v) is 3.76. The molecule has 62 valence electrons. The van der Waals surface area contributed by atoms with Crippen molar-refractivity contribution in [2.75, 3.05) is 0 Å². The summed E-state index contributed by atoms with van der Waals surface area (Å²) in [5.74, 6) is 0. The van der Waals surface area contributed by atoms with Gasteiger partial charge in [-0.15, -0.1) is 0 Å². The predicted molar refractivity (Wildman–Crippen MR) is 45.9 cm³/mol. The van der Waals surface area contributed by atoms with Gasteiger partial charge >= 0.3 is 0 Å². The van der Waals surface area contributed by atoms with Gasteiger partial charge in [-0.2, -0.15) is 0 Å². The lowest BCUT2D eigenvalue weighted by Gasteiger charge is -2.21. The van der Waals surface area contributed by atoms with Crippen LogP contribution in [0.4, 0.5) is 0 Å². The fourth-order valence-corrected chi connectivity index (χ4v) is 1.42. The molecule has 1 aliphatic carbocycles. The van der Waals surface area contributed by atoms with Crippen LogP contribution < -0.4 is 5.73 Å². The number of nitrogens with two attached hydrogens (primary N) is 1. The molecule has 0 aromatic rings. The fraction of sp³-hybridized carbons (Fsp3) is 0.556. The Balaban J connectivity index is 3.27. The second kappa shape index (κ2) is 2.19. The predicted octanol–water partition coefficient (Wildman–Crippen LogP) is 1.32. The Morgan fingerprint density at radius 3 is 1.36 bits per heavy atom. The minimum Gasteiger partial charge on any atom is -0.368 e. The van der Waals surface area contributed by atoms with Crippen LogP contribution in [-0.4, -0.2) is 10.8 Å². The molecule has 0 aliphatic heterocycles. The first-order valence-electron chi connectivity index (χ1n) is 3.76. The lowest BCUT2D eigenvalue weighted by atomic mass is 10.0. The third kappa shape index (κ3) is 0.940. The van der Waals surface area contributed by atoms with Crippen molar-refractivity contribution in [3.05, 3.63) is 22.3 Å². The third-order valence-electron chi connectivity index (χ3n) is 2.83. The van der Waals surface area contributed by atoms with Crippen molar-refractivity contribution in [3.8, 4) is 0 Å².